The number of hydrogen-bond donors (Lipinski definition) is 1. The van der Waals surface area contributed by atoms with Crippen molar-refractivity contribution < 1.29 is 4.39 Å². The Morgan fingerprint density at radius 2 is 2.00 bits per heavy atom. The van der Waals surface area contributed by atoms with E-state index in [0.717, 1.165) is 11.5 Å². The quantitative estimate of drug-likeness (QED) is 0.733. The molecule has 0 amide bonds. The molecule has 2 aromatic carbocycles. The van der Waals surface area contributed by atoms with E-state index < -0.39 is 5.69 Å². The zero-order valence-corrected chi connectivity index (χ0v) is 13.9. The molecule has 1 heterocycles. The van der Waals surface area contributed by atoms with Crippen LogP contribution in [0.1, 0.15) is 5.56 Å². The molecule has 0 bridgehead atoms. The second-order valence-corrected chi connectivity index (χ2v) is 6.54. The Morgan fingerprint density at radius 1 is 1.17 bits per heavy atom. The fourth-order valence-corrected chi connectivity index (χ4v) is 3.08. The van der Waals surface area contributed by atoms with Crippen molar-refractivity contribution in [1.29, 1.82) is 0 Å². The van der Waals surface area contributed by atoms with Gasteiger partial charge in [0.1, 0.15) is 5.82 Å². The van der Waals surface area contributed by atoms with Crippen LogP contribution in [-0.4, -0.2) is 8.94 Å². The standard InChI is InChI=1S/C15H10Cl2FN3OS/c16-12-5-4-11(7-13(12)17)19-14-20-15(22)21(23-14)8-9-2-1-3-10(18)6-9/h1-7H,8H2,(H,19,20,22). The van der Waals surface area contributed by atoms with E-state index in [4.69, 9.17) is 23.2 Å². The third kappa shape index (κ3) is 3.90. The molecule has 0 saturated heterocycles. The largest absolute Gasteiger partial charge is 0.360 e. The number of benzene rings is 2. The van der Waals surface area contributed by atoms with Crippen molar-refractivity contribution in [3.63, 3.8) is 0 Å². The van der Waals surface area contributed by atoms with Gasteiger partial charge in [0.15, 0.2) is 0 Å². The summed E-state index contributed by atoms with van der Waals surface area (Å²) in [6, 6.07) is 11.1. The maximum absolute atomic E-state index is 13.2. The average molecular weight is 370 g/mol. The van der Waals surface area contributed by atoms with Gasteiger partial charge in [0.25, 0.3) is 0 Å². The normalized spacial score (nSPS) is 10.7. The molecular weight excluding hydrogens is 360 g/mol. The Bertz CT molecular complexity index is 910. The lowest BCUT2D eigenvalue weighted by Crippen LogP contribution is -2.15. The molecule has 0 unspecified atom stereocenters. The van der Waals surface area contributed by atoms with Crippen molar-refractivity contribution in [2.45, 2.75) is 6.54 Å². The lowest BCUT2D eigenvalue weighted by atomic mass is 10.2. The maximum Gasteiger partial charge on any atom is 0.360 e. The summed E-state index contributed by atoms with van der Waals surface area (Å²) in [5.41, 5.74) is 0.963. The minimum atomic E-state index is -0.401. The molecule has 1 aromatic heterocycles. The molecule has 0 radical (unpaired) electrons. The summed E-state index contributed by atoms with van der Waals surface area (Å²) in [4.78, 5) is 15.8. The van der Waals surface area contributed by atoms with E-state index in [2.05, 4.69) is 10.3 Å². The Kier molecular flexibility index (Phi) is 4.66. The highest BCUT2D eigenvalue weighted by Gasteiger charge is 2.08. The first-order valence-electron chi connectivity index (χ1n) is 6.56. The summed E-state index contributed by atoms with van der Waals surface area (Å²) < 4.78 is 14.6. The number of nitrogens with zero attached hydrogens (tertiary/aromatic N) is 2. The zero-order valence-electron chi connectivity index (χ0n) is 11.6. The maximum atomic E-state index is 13.2. The van der Waals surface area contributed by atoms with Crippen LogP contribution in [-0.2, 0) is 6.54 Å². The number of aromatic nitrogens is 2. The summed E-state index contributed by atoms with van der Waals surface area (Å²) in [5.74, 6) is -0.339. The van der Waals surface area contributed by atoms with E-state index in [1.54, 1.807) is 30.3 Å². The Morgan fingerprint density at radius 3 is 2.74 bits per heavy atom. The molecule has 4 nitrogen and oxygen atoms in total. The number of halogens is 3. The van der Waals surface area contributed by atoms with Gasteiger partial charge in [-0.15, -0.1) is 0 Å². The lowest BCUT2D eigenvalue weighted by molar-refractivity contribution is 0.624. The lowest BCUT2D eigenvalue weighted by Gasteiger charge is -2.03. The van der Waals surface area contributed by atoms with Crippen molar-refractivity contribution in [3.8, 4) is 0 Å². The summed E-state index contributed by atoms with van der Waals surface area (Å²) in [6.07, 6.45) is 0. The van der Waals surface area contributed by atoms with Gasteiger partial charge in [0.2, 0.25) is 5.13 Å². The summed E-state index contributed by atoms with van der Waals surface area (Å²) in [7, 11) is 0. The molecule has 1 N–H and O–H groups in total. The molecule has 0 fully saturated rings. The molecule has 3 aromatic rings. The van der Waals surface area contributed by atoms with Gasteiger partial charge >= 0.3 is 5.69 Å². The highest BCUT2D eigenvalue weighted by atomic mass is 35.5. The molecule has 3 rings (SSSR count). The van der Waals surface area contributed by atoms with Crippen molar-refractivity contribution in [2.75, 3.05) is 5.32 Å². The molecular formula is C15H10Cl2FN3OS. The van der Waals surface area contributed by atoms with E-state index in [0.29, 0.717) is 26.4 Å². The van der Waals surface area contributed by atoms with Gasteiger partial charge < -0.3 is 5.32 Å². The second-order valence-electron chi connectivity index (χ2n) is 4.71. The molecule has 0 aliphatic carbocycles. The molecule has 0 atom stereocenters. The van der Waals surface area contributed by atoms with Crippen LogP contribution >= 0.6 is 34.7 Å². The van der Waals surface area contributed by atoms with Crippen LogP contribution in [0, 0.1) is 5.82 Å². The van der Waals surface area contributed by atoms with Crippen LogP contribution in [0.5, 0.6) is 0 Å². The summed E-state index contributed by atoms with van der Waals surface area (Å²) in [6.45, 7) is 0.261. The predicted octanol–water partition coefficient (Wildman–Crippen LogP) is 4.54. The van der Waals surface area contributed by atoms with Crippen LogP contribution in [0.2, 0.25) is 10.0 Å². The van der Waals surface area contributed by atoms with Gasteiger partial charge in [0.05, 0.1) is 16.6 Å². The van der Waals surface area contributed by atoms with Crippen LogP contribution in [0.3, 0.4) is 0 Å². The smallest absolute Gasteiger partial charge is 0.330 e. The van der Waals surface area contributed by atoms with Gasteiger partial charge in [-0.3, -0.25) is 0 Å². The average Bonchev–Trinajstić information content (AvgIpc) is 2.83. The SMILES string of the molecule is O=c1nc(Nc2ccc(Cl)c(Cl)c2)sn1Cc1cccc(F)c1. The monoisotopic (exact) mass is 369 g/mol. The topological polar surface area (TPSA) is 46.9 Å². The second kappa shape index (κ2) is 6.70. The predicted molar refractivity (Wildman–Crippen MR) is 91.6 cm³/mol. The Balaban J connectivity index is 1.80. The van der Waals surface area contributed by atoms with E-state index in [1.165, 1.54) is 16.1 Å². The van der Waals surface area contributed by atoms with Crippen LogP contribution in [0.4, 0.5) is 15.2 Å². The fourth-order valence-electron chi connectivity index (χ4n) is 1.96. The van der Waals surface area contributed by atoms with Crippen molar-refractivity contribution in [1.82, 2.24) is 8.94 Å². The minimum absolute atomic E-state index is 0.261. The summed E-state index contributed by atoms with van der Waals surface area (Å²) in [5, 5.41) is 4.27. The van der Waals surface area contributed by atoms with E-state index in [1.807, 2.05) is 0 Å². The van der Waals surface area contributed by atoms with Gasteiger partial charge in [0, 0.05) is 5.69 Å². The zero-order chi connectivity index (χ0) is 16.4. The summed E-state index contributed by atoms with van der Waals surface area (Å²) >= 11 is 13.0. The Hall–Kier alpha value is -1.89. The van der Waals surface area contributed by atoms with Gasteiger partial charge in [-0.2, -0.15) is 4.98 Å². The van der Waals surface area contributed by atoms with Crippen molar-refractivity contribution in [3.05, 3.63) is 74.4 Å². The highest BCUT2D eigenvalue weighted by Crippen LogP contribution is 2.27. The van der Waals surface area contributed by atoms with E-state index >= 15 is 0 Å². The molecule has 118 valence electrons. The number of nitrogens with one attached hydrogen (secondary N) is 1. The van der Waals surface area contributed by atoms with Crippen molar-refractivity contribution >= 4 is 45.6 Å². The molecule has 0 aliphatic heterocycles. The first-order chi connectivity index (χ1) is 11.0. The van der Waals surface area contributed by atoms with Gasteiger partial charge in [-0.25, -0.2) is 13.1 Å². The van der Waals surface area contributed by atoms with Gasteiger partial charge in [-0.05, 0) is 47.4 Å². The van der Waals surface area contributed by atoms with Crippen LogP contribution < -0.4 is 11.0 Å². The van der Waals surface area contributed by atoms with E-state index in [-0.39, 0.29) is 12.4 Å². The van der Waals surface area contributed by atoms with Crippen molar-refractivity contribution in [2.24, 2.45) is 0 Å². The fraction of sp³-hybridized carbons (Fsp3) is 0.0667. The van der Waals surface area contributed by atoms with Gasteiger partial charge in [-0.1, -0.05) is 35.3 Å². The third-order valence-corrected chi connectivity index (χ3v) is 4.60. The van der Waals surface area contributed by atoms with Crippen LogP contribution in [0.15, 0.2) is 47.3 Å². The third-order valence-electron chi connectivity index (χ3n) is 2.99. The first-order valence-corrected chi connectivity index (χ1v) is 8.09. The highest BCUT2D eigenvalue weighted by molar-refractivity contribution is 7.10. The first kappa shape index (κ1) is 16.0. The number of hydrogen-bond acceptors (Lipinski definition) is 4. The number of rotatable bonds is 4. The molecule has 23 heavy (non-hydrogen) atoms. The molecule has 0 aliphatic rings. The number of anilines is 2. The molecule has 8 heteroatoms. The Labute approximate surface area is 145 Å². The van der Waals surface area contributed by atoms with E-state index in [9.17, 15) is 9.18 Å². The molecule has 0 saturated carbocycles. The molecule has 0 spiro atoms. The van der Waals surface area contributed by atoms with Crippen LogP contribution in [0.25, 0.3) is 0 Å². The minimum Gasteiger partial charge on any atom is -0.330 e.